The number of amides is 1. The Bertz CT molecular complexity index is 598. The molecule has 22 heavy (non-hydrogen) atoms. The molecule has 7 nitrogen and oxygen atoms in total. The second-order valence-electron chi connectivity index (χ2n) is 6.58. The van der Waals surface area contributed by atoms with Gasteiger partial charge in [-0.2, -0.15) is 5.10 Å². The quantitative estimate of drug-likeness (QED) is 0.668. The summed E-state index contributed by atoms with van der Waals surface area (Å²) in [7, 11) is 0. The third-order valence-corrected chi connectivity index (χ3v) is 5.27. The molecule has 3 rings (SSSR count). The van der Waals surface area contributed by atoms with E-state index < -0.39 is 10.8 Å². The molecule has 0 aliphatic heterocycles. The van der Waals surface area contributed by atoms with Gasteiger partial charge in [0.2, 0.25) is 5.69 Å². The van der Waals surface area contributed by atoms with E-state index in [4.69, 9.17) is 0 Å². The second-order valence-corrected chi connectivity index (χ2v) is 6.58. The Morgan fingerprint density at radius 2 is 2.32 bits per heavy atom. The van der Waals surface area contributed by atoms with Crippen LogP contribution in [0.2, 0.25) is 0 Å². The number of nitrogens with one attached hydrogen (secondary N) is 1. The van der Waals surface area contributed by atoms with Gasteiger partial charge in [0.15, 0.2) is 0 Å². The minimum absolute atomic E-state index is 0.0363. The number of nitro groups is 1. The molecule has 2 fully saturated rings. The number of rotatable bonds is 5. The Hall–Kier alpha value is -1.92. The summed E-state index contributed by atoms with van der Waals surface area (Å²) >= 11 is 0. The van der Waals surface area contributed by atoms with Crippen LogP contribution in [0.25, 0.3) is 0 Å². The van der Waals surface area contributed by atoms with E-state index in [1.165, 1.54) is 30.1 Å². The zero-order valence-corrected chi connectivity index (χ0v) is 13.0. The highest BCUT2D eigenvalue weighted by Crippen LogP contribution is 2.49. The summed E-state index contributed by atoms with van der Waals surface area (Å²) in [6.07, 6.45) is 6.32. The summed E-state index contributed by atoms with van der Waals surface area (Å²) in [6.45, 7) is 4.33. The van der Waals surface area contributed by atoms with E-state index in [-0.39, 0.29) is 17.4 Å². The standard InChI is InChI=1S/C15H22N4O3/c1-3-18-8-13(19(21)22)14(17-18)15(20)16-9(2)12-7-10-4-5-11(12)6-10/h8-12H,3-7H2,1-2H3,(H,16,20)/t9-,10+,11+,12+/m1/s1. The molecule has 0 unspecified atom stereocenters. The summed E-state index contributed by atoms with van der Waals surface area (Å²) < 4.78 is 1.43. The van der Waals surface area contributed by atoms with E-state index in [1.807, 2.05) is 13.8 Å². The summed E-state index contributed by atoms with van der Waals surface area (Å²) in [5.74, 6) is 1.57. The van der Waals surface area contributed by atoms with Gasteiger partial charge in [-0.25, -0.2) is 0 Å². The smallest absolute Gasteiger partial charge is 0.320 e. The van der Waals surface area contributed by atoms with Crippen molar-refractivity contribution in [1.82, 2.24) is 15.1 Å². The van der Waals surface area contributed by atoms with Crippen LogP contribution >= 0.6 is 0 Å². The molecule has 2 bridgehead atoms. The van der Waals surface area contributed by atoms with E-state index in [1.54, 1.807) is 0 Å². The largest absolute Gasteiger partial charge is 0.348 e. The van der Waals surface area contributed by atoms with E-state index in [9.17, 15) is 14.9 Å². The van der Waals surface area contributed by atoms with Crippen LogP contribution in [0, 0.1) is 27.9 Å². The fraction of sp³-hybridized carbons (Fsp3) is 0.733. The van der Waals surface area contributed by atoms with Crippen LogP contribution in [0.15, 0.2) is 6.20 Å². The third-order valence-electron chi connectivity index (χ3n) is 5.27. The van der Waals surface area contributed by atoms with Gasteiger partial charge in [-0.1, -0.05) is 6.42 Å². The maximum Gasteiger partial charge on any atom is 0.320 e. The molecule has 1 N–H and O–H groups in total. The molecule has 1 heterocycles. The number of fused-ring (bicyclic) bond motifs is 2. The fourth-order valence-electron chi connectivity index (χ4n) is 4.16. The monoisotopic (exact) mass is 306 g/mol. The van der Waals surface area contributed by atoms with Crippen molar-refractivity contribution in [1.29, 1.82) is 0 Å². The highest BCUT2D eigenvalue weighted by molar-refractivity contribution is 5.96. The zero-order valence-electron chi connectivity index (χ0n) is 13.0. The van der Waals surface area contributed by atoms with Crippen molar-refractivity contribution in [3.63, 3.8) is 0 Å². The average Bonchev–Trinajstić information content (AvgIpc) is 3.20. The molecule has 2 aliphatic rings. The molecular formula is C15H22N4O3. The molecule has 0 radical (unpaired) electrons. The molecule has 1 aromatic heterocycles. The predicted octanol–water partition coefficient (Wildman–Crippen LogP) is 2.37. The molecule has 120 valence electrons. The Morgan fingerprint density at radius 1 is 1.55 bits per heavy atom. The van der Waals surface area contributed by atoms with Crippen LogP contribution in [0.5, 0.6) is 0 Å². The molecule has 0 aromatic carbocycles. The number of carbonyl (C=O) groups excluding carboxylic acids is 1. The lowest BCUT2D eigenvalue weighted by Crippen LogP contribution is -2.40. The van der Waals surface area contributed by atoms with Gasteiger partial charge in [-0.15, -0.1) is 0 Å². The van der Waals surface area contributed by atoms with Crippen LogP contribution in [0.4, 0.5) is 5.69 Å². The average molecular weight is 306 g/mol. The molecular weight excluding hydrogens is 284 g/mol. The van der Waals surface area contributed by atoms with Gasteiger partial charge < -0.3 is 5.32 Å². The zero-order chi connectivity index (χ0) is 15.9. The molecule has 2 aliphatic carbocycles. The van der Waals surface area contributed by atoms with Gasteiger partial charge in [-0.05, 0) is 50.9 Å². The van der Waals surface area contributed by atoms with E-state index in [0.29, 0.717) is 18.4 Å². The van der Waals surface area contributed by atoms with Crippen molar-refractivity contribution >= 4 is 11.6 Å². The number of nitrogens with zero attached hydrogens (tertiary/aromatic N) is 3. The molecule has 4 atom stereocenters. The Morgan fingerprint density at radius 3 is 2.86 bits per heavy atom. The first-order valence-electron chi connectivity index (χ1n) is 8.02. The Kier molecular flexibility index (Phi) is 3.88. The normalized spacial score (nSPS) is 27.8. The van der Waals surface area contributed by atoms with Crippen LogP contribution < -0.4 is 5.32 Å². The maximum atomic E-state index is 12.4. The highest BCUT2D eigenvalue weighted by atomic mass is 16.6. The van der Waals surface area contributed by atoms with Crippen molar-refractivity contribution in [2.45, 2.75) is 52.1 Å². The van der Waals surface area contributed by atoms with Crippen LogP contribution in [-0.4, -0.2) is 26.7 Å². The van der Waals surface area contributed by atoms with Gasteiger partial charge in [-0.3, -0.25) is 19.6 Å². The van der Waals surface area contributed by atoms with Crippen molar-refractivity contribution in [3.8, 4) is 0 Å². The number of hydrogen-bond donors (Lipinski definition) is 1. The third kappa shape index (κ3) is 2.60. The SMILES string of the molecule is CCn1cc([N+](=O)[O-])c(C(=O)N[C@H](C)[C@@H]2C[C@H]3CC[C@H]2C3)n1. The van der Waals surface area contributed by atoms with E-state index >= 15 is 0 Å². The second kappa shape index (κ2) is 5.70. The molecule has 0 saturated heterocycles. The molecule has 1 amide bonds. The first-order chi connectivity index (χ1) is 10.5. The van der Waals surface area contributed by atoms with E-state index in [0.717, 1.165) is 12.3 Å². The summed E-state index contributed by atoms with van der Waals surface area (Å²) in [6, 6.07) is 0.0363. The van der Waals surface area contributed by atoms with Gasteiger partial charge in [0.25, 0.3) is 5.91 Å². The van der Waals surface area contributed by atoms with Crippen LogP contribution in [-0.2, 0) is 6.54 Å². The van der Waals surface area contributed by atoms with Crippen molar-refractivity contribution in [3.05, 3.63) is 22.0 Å². The lowest BCUT2D eigenvalue weighted by atomic mass is 9.84. The minimum Gasteiger partial charge on any atom is -0.348 e. The maximum absolute atomic E-state index is 12.4. The van der Waals surface area contributed by atoms with Crippen molar-refractivity contribution < 1.29 is 9.72 Å². The van der Waals surface area contributed by atoms with Gasteiger partial charge in [0, 0.05) is 12.6 Å². The van der Waals surface area contributed by atoms with Crippen molar-refractivity contribution in [2.24, 2.45) is 17.8 Å². The molecule has 2 saturated carbocycles. The number of aromatic nitrogens is 2. The molecule has 7 heteroatoms. The first kappa shape index (κ1) is 15.0. The number of hydrogen-bond acceptors (Lipinski definition) is 4. The van der Waals surface area contributed by atoms with Crippen molar-refractivity contribution in [2.75, 3.05) is 0 Å². The first-order valence-corrected chi connectivity index (χ1v) is 8.02. The molecule has 1 aromatic rings. The van der Waals surface area contributed by atoms with E-state index in [2.05, 4.69) is 10.4 Å². The van der Waals surface area contributed by atoms with Crippen LogP contribution in [0.1, 0.15) is 50.0 Å². The summed E-state index contributed by atoms with van der Waals surface area (Å²) in [4.78, 5) is 22.9. The summed E-state index contributed by atoms with van der Waals surface area (Å²) in [5, 5.41) is 18.1. The highest BCUT2D eigenvalue weighted by Gasteiger charge is 2.42. The number of carbonyl (C=O) groups is 1. The lowest BCUT2D eigenvalue weighted by Gasteiger charge is -2.28. The molecule has 0 spiro atoms. The van der Waals surface area contributed by atoms with Gasteiger partial charge in [0.1, 0.15) is 6.20 Å². The fourth-order valence-corrected chi connectivity index (χ4v) is 4.16. The Balaban J connectivity index is 1.71. The van der Waals surface area contributed by atoms with Gasteiger partial charge >= 0.3 is 5.69 Å². The Labute approximate surface area is 129 Å². The topological polar surface area (TPSA) is 90.1 Å². The summed E-state index contributed by atoms with van der Waals surface area (Å²) in [5.41, 5.74) is -0.304. The van der Waals surface area contributed by atoms with Crippen LogP contribution in [0.3, 0.4) is 0 Å². The lowest BCUT2D eigenvalue weighted by molar-refractivity contribution is -0.385. The predicted molar refractivity (Wildman–Crippen MR) is 80.4 cm³/mol. The van der Waals surface area contributed by atoms with Gasteiger partial charge in [0.05, 0.1) is 4.92 Å². The number of aryl methyl sites for hydroxylation is 1. The minimum atomic E-state index is -0.545.